The molecule has 1 aliphatic carbocycles. The van der Waals surface area contributed by atoms with Crippen molar-refractivity contribution in [2.75, 3.05) is 0 Å². The van der Waals surface area contributed by atoms with Crippen molar-refractivity contribution in [3.8, 4) is 0 Å². The second-order valence-corrected chi connectivity index (χ2v) is 2.85. The van der Waals surface area contributed by atoms with Gasteiger partial charge in [-0.2, -0.15) is 0 Å². The Bertz CT molecular complexity index is 272. The fourth-order valence-electron chi connectivity index (χ4n) is 0.960. The molecular weight excluding hydrogens is 144 g/mol. The molecule has 0 aromatic carbocycles. The first-order valence-electron chi connectivity index (χ1n) is 4.16. The third-order valence-corrected chi connectivity index (χ3v) is 1.79. The van der Waals surface area contributed by atoms with E-state index in [1.165, 1.54) is 11.1 Å². The summed E-state index contributed by atoms with van der Waals surface area (Å²) in [5, 5.41) is 0. The zero-order valence-corrected chi connectivity index (χ0v) is 7.46. The van der Waals surface area contributed by atoms with E-state index in [2.05, 4.69) is 43.0 Å². The molecule has 0 aliphatic heterocycles. The SMILES string of the molecule is C=C/C(C)=C\C=C1\C=CC=CC1. The summed E-state index contributed by atoms with van der Waals surface area (Å²) in [4.78, 5) is 0. The second-order valence-electron chi connectivity index (χ2n) is 2.85. The molecule has 0 unspecified atom stereocenters. The minimum atomic E-state index is 1.04. The molecule has 0 amide bonds. The molecule has 0 heteroatoms. The van der Waals surface area contributed by atoms with Crippen LogP contribution in [0.2, 0.25) is 0 Å². The van der Waals surface area contributed by atoms with E-state index in [0.717, 1.165) is 6.42 Å². The Morgan fingerprint density at radius 2 is 2.33 bits per heavy atom. The van der Waals surface area contributed by atoms with Crippen LogP contribution in [0, 0.1) is 0 Å². The first kappa shape index (κ1) is 8.79. The molecule has 0 heterocycles. The summed E-state index contributed by atoms with van der Waals surface area (Å²) in [5.74, 6) is 0. The molecule has 62 valence electrons. The third kappa shape index (κ3) is 2.75. The largest absolute Gasteiger partial charge is 0.0988 e. The van der Waals surface area contributed by atoms with Gasteiger partial charge in [0.25, 0.3) is 0 Å². The van der Waals surface area contributed by atoms with E-state index in [1.807, 2.05) is 13.0 Å². The Morgan fingerprint density at radius 3 is 2.92 bits per heavy atom. The molecule has 12 heavy (non-hydrogen) atoms. The molecule has 1 aliphatic rings. The molecule has 0 saturated heterocycles. The lowest BCUT2D eigenvalue weighted by atomic mass is 10.1. The van der Waals surface area contributed by atoms with Gasteiger partial charge < -0.3 is 0 Å². The maximum absolute atomic E-state index is 3.69. The number of hydrogen-bond donors (Lipinski definition) is 0. The highest BCUT2D eigenvalue weighted by molar-refractivity contribution is 5.34. The summed E-state index contributed by atoms with van der Waals surface area (Å²) < 4.78 is 0. The summed E-state index contributed by atoms with van der Waals surface area (Å²) in [6.07, 6.45) is 15.5. The summed E-state index contributed by atoms with van der Waals surface area (Å²) >= 11 is 0. The van der Waals surface area contributed by atoms with Crippen LogP contribution in [0.3, 0.4) is 0 Å². The minimum Gasteiger partial charge on any atom is -0.0988 e. The third-order valence-electron chi connectivity index (χ3n) is 1.79. The molecule has 0 fully saturated rings. The molecule has 0 N–H and O–H groups in total. The van der Waals surface area contributed by atoms with Gasteiger partial charge in [-0.05, 0) is 18.9 Å². The lowest BCUT2D eigenvalue weighted by Gasteiger charge is -1.99. The number of hydrogen-bond acceptors (Lipinski definition) is 0. The normalized spacial score (nSPS) is 20.1. The van der Waals surface area contributed by atoms with Crippen molar-refractivity contribution in [3.05, 3.63) is 60.3 Å². The van der Waals surface area contributed by atoms with E-state index in [4.69, 9.17) is 0 Å². The first-order valence-corrected chi connectivity index (χ1v) is 4.16. The minimum absolute atomic E-state index is 1.04. The smallest absolute Gasteiger partial charge is 0.00943 e. The van der Waals surface area contributed by atoms with Gasteiger partial charge in [-0.15, -0.1) is 0 Å². The van der Waals surface area contributed by atoms with Crippen molar-refractivity contribution in [2.45, 2.75) is 13.3 Å². The van der Waals surface area contributed by atoms with Crippen LogP contribution in [-0.4, -0.2) is 0 Å². The van der Waals surface area contributed by atoms with Crippen LogP contribution >= 0.6 is 0 Å². The van der Waals surface area contributed by atoms with E-state index in [9.17, 15) is 0 Å². The molecule has 0 nitrogen and oxygen atoms in total. The molecule has 0 bridgehead atoms. The number of rotatable bonds is 2. The summed E-state index contributed by atoms with van der Waals surface area (Å²) in [6, 6.07) is 0. The molecular formula is C12H14. The fraction of sp³-hybridized carbons (Fsp3) is 0.167. The summed E-state index contributed by atoms with van der Waals surface area (Å²) in [5.41, 5.74) is 2.55. The predicted molar refractivity (Wildman–Crippen MR) is 54.9 cm³/mol. The molecule has 0 aromatic heterocycles. The van der Waals surface area contributed by atoms with Gasteiger partial charge in [0.2, 0.25) is 0 Å². The van der Waals surface area contributed by atoms with Crippen LogP contribution in [0.15, 0.2) is 60.3 Å². The van der Waals surface area contributed by atoms with Gasteiger partial charge in [-0.1, -0.05) is 54.7 Å². The quantitative estimate of drug-likeness (QED) is 0.539. The van der Waals surface area contributed by atoms with Crippen LogP contribution in [0.25, 0.3) is 0 Å². The van der Waals surface area contributed by atoms with Crippen LogP contribution in [-0.2, 0) is 0 Å². The van der Waals surface area contributed by atoms with Gasteiger partial charge in [0.15, 0.2) is 0 Å². The van der Waals surface area contributed by atoms with E-state index in [1.54, 1.807) is 0 Å². The van der Waals surface area contributed by atoms with Crippen molar-refractivity contribution < 1.29 is 0 Å². The maximum atomic E-state index is 3.69. The predicted octanol–water partition coefficient (Wildman–Crippen LogP) is 3.56. The zero-order valence-electron chi connectivity index (χ0n) is 7.46. The van der Waals surface area contributed by atoms with Gasteiger partial charge in [-0.25, -0.2) is 0 Å². The number of allylic oxidation sites excluding steroid dienone is 9. The fourth-order valence-corrected chi connectivity index (χ4v) is 0.960. The lowest BCUT2D eigenvalue weighted by molar-refractivity contribution is 1.26. The Kier molecular flexibility index (Phi) is 3.34. The van der Waals surface area contributed by atoms with Crippen LogP contribution in [0.1, 0.15) is 13.3 Å². The maximum Gasteiger partial charge on any atom is -0.00943 e. The Hall–Kier alpha value is -1.30. The van der Waals surface area contributed by atoms with Crippen molar-refractivity contribution in [3.63, 3.8) is 0 Å². The van der Waals surface area contributed by atoms with Crippen LogP contribution in [0.5, 0.6) is 0 Å². The van der Waals surface area contributed by atoms with Crippen molar-refractivity contribution in [2.24, 2.45) is 0 Å². The van der Waals surface area contributed by atoms with Gasteiger partial charge in [0.1, 0.15) is 0 Å². The molecule has 0 saturated carbocycles. The van der Waals surface area contributed by atoms with E-state index in [0.29, 0.717) is 0 Å². The van der Waals surface area contributed by atoms with E-state index < -0.39 is 0 Å². The van der Waals surface area contributed by atoms with E-state index in [-0.39, 0.29) is 0 Å². The average Bonchev–Trinajstić information content (AvgIpc) is 2.16. The summed E-state index contributed by atoms with van der Waals surface area (Å²) in [6.45, 7) is 5.74. The lowest BCUT2D eigenvalue weighted by Crippen LogP contribution is -1.79. The van der Waals surface area contributed by atoms with Gasteiger partial charge in [-0.3, -0.25) is 0 Å². The second kappa shape index (κ2) is 4.55. The monoisotopic (exact) mass is 158 g/mol. The topological polar surface area (TPSA) is 0 Å². The molecule has 0 atom stereocenters. The molecule has 1 rings (SSSR count). The van der Waals surface area contributed by atoms with Gasteiger partial charge >= 0.3 is 0 Å². The Morgan fingerprint density at radius 1 is 1.50 bits per heavy atom. The van der Waals surface area contributed by atoms with Crippen molar-refractivity contribution in [1.29, 1.82) is 0 Å². The highest BCUT2D eigenvalue weighted by atomic mass is 14.0. The Balaban J connectivity index is 2.64. The zero-order chi connectivity index (χ0) is 8.81. The van der Waals surface area contributed by atoms with E-state index >= 15 is 0 Å². The summed E-state index contributed by atoms with van der Waals surface area (Å²) in [7, 11) is 0. The molecule has 0 aromatic rings. The highest BCUT2D eigenvalue weighted by Crippen LogP contribution is 2.10. The Labute approximate surface area is 74.3 Å². The van der Waals surface area contributed by atoms with Crippen molar-refractivity contribution >= 4 is 0 Å². The molecule has 0 spiro atoms. The standard InChI is InChI=1S/C12H14/c1-3-11(2)9-10-12-7-5-4-6-8-12/h3-7,9-10H,1,8H2,2H3/b11-9-,12-10-. The van der Waals surface area contributed by atoms with Gasteiger partial charge in [0, 0.05) is 0 Å². The average molecular weight is 158 g/mol. The highest BCUT2D eigenvalue weighted by Gasteiger charge is 1.90. The van der Waals surface area contributed by atoms with Gasteiger partial charge in [0.05, 0.1) is 0 Å². The molecule has 0 radical (unpaired) electrons. The van der Waals surface area contributed by atoms with Crippen molar-refractivity contribution in [1.82, 2.24) is 0 Å². The van der Waals surface area contributed by atoms with Crippen LogP contribution in [0.4, 0.5) is 0 Å². The first-order chi connectivity index (χ1) is 5.83. The van der Waals surface area contributed by atoms with Crippen LogP contribution < -0.4 is 0 Å².